The van der Waals surface area contributed by atoms with Crippen LogP contribution in [0.2, 0.25) is 0 Å². The fourth-order valence-electron chi connectivity index (χ4n) is 3.61. The Balaban J connectivity index is 1.79. The minimum atomic E-state index is -0.357. The third kappa shape index (κ3) is 3.36. The van der Waals surface area contributed by atoms with Gasteiger partial charge in [0, 0.05) is 18.7 Å². The third-order valence-corrected chi connectivity index (χ3v) is 5.41. The maximum Gasteiger partial charge on any atom is 0.261 e. The lowest BCUT2D eigenvalue weighted by molar-refractivity contribution is 0.130. The highest BCUT2D eigenvalue weighted by Gasteiger charge is 2.23. The molecule has 1 fully saturated rings. The zero-order valence-electron chi connectivity index (χ0n) is 14.8. The molecule has 1 saturated heterocycles. The van der Waals surface area contributed by atoms with Gasteiger partial charge in [0.15, 0.2) is 0 Å². The maximum absolute atomic E-state index is 13.4. The van der Waals surface area contributed by atoms with Gasteiger partial charge in [0.2, 0.25) is 0 Å². The highest BCUT2D eigenvalue weighted by molar-refractivity contribution is 5.77. The minimum absolute atomic E-state index is 0.0538. The van der Waals surface area contributed by atoms with E-state index in [0.717, 1.165) is 25.9 Å². The summed E-state index contributed by atoms with van der Waals surface area (Å²) in [6.07, 6.45) is 3.39. The van der Waals surface area contributed by atoms with E-state index in [-0.39, 0.29) is 11.4 Å². The van der Waals surface area contributed by atoms with Crippen molar-refractivity contribution >= 4 is 10.9 Å². The molecule has 0 N–H and O–H groups in total. The van der Waals surface area contributed by atoms with Crippen molar-refractivity contribution in [2.45, 2.75) is 52.6 Å². The summed E-state index contributed by atoms with van der Waals surface area (Å²) in [4.78, 5) is 19.7. The average Bonchev–Trinajstić information content (AvgIpc) is 2.58. The molecule has 1 atom stereocenters. The molecular weight excluding hydrogens is 305 g/mol. The molecule has 0 saturated carbocycles. The second-order valence-electron chi connectivity index (χ2n) is 6.97. The van der Waals surface area contributed by atoms with Crippen molar-refractivity contribution in [3.63, 3.8) is 0 Å². The second-order valence-corrected chi connectivity index (χ2v) is 6.97. The quantitative estimate of drug-likeness (QED) is 0.862. The smallest absolute Gasteiger partial charge is 0.261 e. The van der Waals surface area contributed by atoms with Crippen LogP contribution in [-0.2, 0) is 6.54 Å². The first-order valence-corrected chi connectivity index (χ1v) is 8.90. The molecule has 0 spiro atoms. The number of aromatic nitrogens is 2. The fraction of sp³-hybridized carbons (Fsp3) is 0.579. The SMILES string of the molecule is CCC(C)N1CCC(Cn2c(C)nc3cc(F)ccc3c2=O)CC1. The van der Waals surface area contributed by atoms with Crippen LogP contribution in [0.25, 0.3) is 10.9 Å². The van der Waals surface area contributed by atoms with Gasteiger partial charge >= 0.3 is 0 Å². The van der Waals surface area contributed by atoms with E-state index in [1.807, 2.05) is 6.92 Å². The van der Waals surface area contributed by atoms with E-state index in [0.29, 0.717) is 35.2 Å². The van der Waals surface area contributed by atoms with Crippen molar-refractivity contribution in [3.8, 4) is 0 Å². The van der Waals surface area contributed by atoms with E-state index >= 15 is 0 Å². The first-order chi connectivity index (χ1) is 11.5. The molecule has 5 heteroatoms. The summed E-state index contributed by atoms with van der Waals surface area (Å²) < 4.78 is 15.1. The Morgan fingerprint density at radius 2 is 2.04 bits per heavy atom. The summed E-state index contributed by atoms with van der Waals surface area (Å²) in [5.41, 5.74) is 0.391. The van der Waals surface area contributed by atoms with Crippen molar-refractivity contribution in [1.29, 1.82) is 0 Å². The first-order valence-electron chi connectivity index (χ1n) is 8.90. The Morgan fingerprint density at radius 1 is 1.33 bits per heavy atom. The van der Waals surface area contributed by atoms with E-state index in [4.69, 9.17) is 0 Å². The van der Waals surface area contributed by atoms with Crippen LogP contribution in [0, 0.1) is 18.7 Å². The number of hydrogen-bond acceptors (Lipinski definition) is 3. The van der Waals surface area contributed by atoms with Gasteiger partial charge in [0.1, 0.15) is 11.6 Å². The molecule has 1 unspecified atom stereocenters. The number of fused-ring (bicyclic) bond motifs is 1. The molecule has 0 bridgehead atoms. The van der Waals surface area contributed by atoms with Crippen LogP contribution in [0.4, 0.5) is 4.39 Å². The van der Waals surface area contributed by atoms with Gasteiger partial charge in [-0.1, -0.05) is 6.92 Å². The first kappa shape index (κ1) is 17.1. The lowest BCUT2D eigenvalue weighted by atomic mass is 9.95. The lowest BCUT2D eigenvalue weighted by Gasteiger charge is -2.36. The molecule has 2 aromatic rings. The van der Waals surface area contributed by atoms with Crippen molar-refractivity contribution in [3.05, 3.63) is 40.2 Å². The van der Waals surface area contributed by atoms with Crippen LogP contribution in [0.5, 0.6) is 0 Å². The average molecular weight is 331 g/mol. The number of likely N-dealkylation sites (tertiary alicyclic amines) is 1. The number of benzene rings is 1. The standard InChI is InChI=1S/C19H26FN3O/c1-4-13(2)22-9-7-15(8-10-22)12-23-14(3)21-18-11-16(20)5-6-17(18)19(23)24/h5-6,11,13,15H,4,7-10,12H2,1-3H3. The summed E-state index contributed by atoms with van der Waals surface area (Å²) in [6, 6.07) is 4.84. The van der Waals surface area contributed by atoms with Gasteiger partial charge < -0.3 is 4.90 Å². The summed E-state index contributed by atoms with van der Waals surface area (Å²) in [5, 5.41) is 0.499. The fourth-order valence-corrected chi connectivity index (χ4v) is 3.61. The van der Waals surface area contributed by atoms with Gasteiger partial charge in [-0.05, 0) is 64.3 Å². The van der Waals surface area contributed by atoms with Crippen LogP contribution in [0.15, 0.2) is 23.0 Å². The van der Waals surface area contributed by atoms with Gasteiger partial charge in [-0.2, -0.15) is 0 Å². The Morgan fingerprint density at radius 3 is 2.71 bits per heavy atom. The number of hydrogen-bond donors (Lipinski definition) is 0. The van der Waals surface area contributed by atoms with Crippen molar-refractivity contribution in [1.82, 2.24) is 14.5 Å². The molecule has 1 aliphatic rings. The second kappa shape index (κ2) is 7.01. The van der Waals surface area contributed by atoms with Crippen molar-refractivity contribution in [2.24, 2.45) is 5.92 Å². The van der Waals surface area contributed by atoms with E-state index in [2.05, 4.69) is 23.7 Å². The normalized spacial score (nSPS) is 18.2. The largest absolute Gasteiger partial charge is 0.301 e. The summed E-state index contributed by atoms with van der Waals surface area (Å²) >= 11 is 0. The maximum atomic E-state index is 13.4. The molecule has 0 aliphatic carbocycles. The molecule has 4 nitrogen and oxygen atoms in total. The number of nitrogens with zero attached hydrogens (tertiary/aromatic N) is 3. The Hall–Kier alpha value is -1.75. The van der Waals surface area contributed by atoms with Gasteiger partial charge in [0.25, 0.3) is 5.56 Å². The van der Waals surface area contributed by atoms with Crippen LogP contribution in [0.3, 0.4) is 0 Å². The Bertz CT molecular complexity index is 778. The summed E-state index contributed by atoms with van der Waals surface area (Å²) in [6.45, 7) is 9.24. The molecule has 1 aromatic carbocycles. The number of halogens is 1. The highest BCUT2D eigenvalue weighted by atomic mass is 19.1. The molecule has 1 aliphatic heterocycles. The molecule has 130 valence electrons. The van der Waals surface area contributed by atoms with Gasteiger partial charge in [-0.15, -0.1) is 0 Å². The molecule has 0 amide bonds. The molecule has 0 radical (unpaired) electrons. The van der Waals surface area contributed by atoms with Crippen LogP contribution >= 0.6 is 0 Å². The monoisotopic (exact) mass is 331 g/mol. The Kier molecular flexibility index (Phi) is 4.99. The predicted molar refractivity (Wildman–Crippen MR) is 94.7 cm³/mol. The zero-order chi connectivity index (χ0) is 17.3. The third-order valence-electron chi connectivity index (χ3n) is 5.41. The van der Waals surface area contributed by atoms with E-state index < -0.39 is 0 Å². The van der Waals surface area contributed by atoms with Crippen LogP contribution in [-0.4, -0.2) is 33.6 Å². The number of piperidine rings is 1. The molecule has 3 rings (SSSR count). The van der Waals surface area contributed by atoms with Crippen molar-refractivity contribution < 1.29 is 4.39 Å². The molecule has 1 aromatic heterocycles. The highest BCUT2D eigenvalue weighted by Crippen LogP contribution is 2.22. The van der Waals surface area contributed by atoms with E-state index in [1.165, 1.54) is 18.6 Å². The van der Waals surface area contributed by atoms with Crippen LogP contribution < -0.4 is 5.56 Å². The topological polar surface area (TPSA) is 38.1 Å². The van der Waals surface area contributed by atoms with Gasteiger partial charge in [0.05, 0.1) is 10.9 Å². The molecule has 24 heavy (non-hydrogen) atoms. The van der Waals surface area contributed by atoms with Crippen LogP contribution in [0.1, 0.15) is 38.9 Å². The predicted octanol–water partition coefficient (Wildman–Crippen LogP) is 3.35. The van der Waals surface area contributed by atoms with Gasteiger partial charge in [-0.25, -0.2) is 9.37 Å². The summed E-state index contributed by atoms with van der Waals surface area (Å²) in [5.74, 6) is 0.813. The Labute approximate surface area is 142 Å². The van der Waals surface area contributed by atoms with E-state index in [1.54, 1.807) is 10.6 Å². The minimum Gasteiger partial charge on any atom is -0.301 e. The zero-order valence-corrected chi connectivity index (χ0v) is 14.8. The molecule has 2 heterocycles. The molecular formula is C19H26FN3O. The summed E-state index contributed by atoms with van der Waals surface area (Å²) in [7, 11) is 0. The number of rotatable bonds is 4. The van der Waals surface area contributed by atoms with Crippen molar-refractivity contribution in [2.75, 3.05) is 13.1 Å². The lowest BCUT2D eigenvalue weighted by Crippen LogP contribution is -2.41. The van der Waals surface area contributed by atoms with E-state index in [9.17, 15) is 9.18 Å². The van der Waals surface area contributed by atoms with Gasteiger partial charge in [-0.3, -0.25) is 9.36 Å². The number of aryl methyl sites for hydroxylation is 1.